The summed E-state index contributed by atoms with van der Waals surface area (Å²) in [6.07, 6.45) is 2.70. The maximum atomic E-state index is 6.36. The van der Waals surface area contributed by atoms with Crippen molar-refractivity contribution in [1.82, 2.24) is 10.2 Å². The van der Waals surface area contributed by atoms with Gasteiger partial charge in [-0.2, -0.15) is 0 Å². The van der Waals surface area contributed by atoms with Crippen LogP contribution in [0.3, 0.4) is 0 Å². The fourth-order valence-corrected chi connectivity index (χ4v) is 3.64. The SMILES string of the molecule is CNCc1c(Cl)cccc1N1CCN2CCCC2C1. The van der Waals surface area contributed by atoms with Crippen molar-refractivity contribution in [3.05, 3.63) is 28.8 Å². The van der Waals surface area contributed by atoms with Crippen molar-refractivity contribution in [3.63, 3.8) is 0 Å². The molecule has 0 radical (unpaired) electrons. The zero-order valence-electron chi connectivity index (χ0n) is 11.5. The topological polar surface area (TPSA) is 18.5 Å². The molecule has 2 aliphatic rings. The van der Waals surface area contributed by atoms with Gasteiger partial charge in [0.15, 0.2) is 0 Å². The number of fused-ring (bicyclic) bond motifs is 1. The summed E-state index contributed by atoms with van der Waals surface area (Å²) in [4.78, 5) is 5.16. The minimum atomic E-state index is 0.746. The smallest absolute Gasteiger partial charge is 0.0471 e. The second-order valence-electron chi connectivity index (χ2n) is 5.55. The van der Waals surface area contributed by atoms with Gasteiger partial charge in [-0.1, -0.05) is 17.7 Å². The fraction of sp³-hybridized carbons (Fsp3) is 0.600. The van der Waals surface area contributed by atoms with Gasteiger partial charge in [-0.3, -0.25) is 4.90 Å². The second-order valence-corrected chi connectivity index (χ2v) is 5.95. The van der Waals surface area contributed by atoms with Crippen LogP contribution in [0.2, 0.25) is 5.02 Å². The number of hydrogen-bond acceptors (Lipinski definition) is 3. The van der Waals surface area contributed by atoms with Crippen LogP contribution < -0.4 is 10.2 Å². The third-order valence-electron chi connectivity index (χ3n) is 4.38. The van der Waals surface area contributed by atoms with Crippen LogP contribution in [-0.2, 0) is 6.54 Å². The number of rotatable bonds is 3. The molecular weight excluding hydrogens is 258 g/mol. The summed E-state index contributed by atoms with van der Waals surface area (Å²) < 4.78 is 0. The lowest BCUT2D eigenvalue weighted by molar-refractivity contribution is 0.231. The van der Waals surface area contributed by atoms with Crippen LogP contribution in [-0.4, -0.2) is 44.2 Å². The van der Waals surface area contributed by atoms with Gasteiger partial charge >= 0.3 is 0 Å². The molecule has 2 saturated heterocycles. The lowest BCUT2D eigenvalue weighted by atomic mass is 10.1. The summed E-state index contributed by atoms with van der Waals surface area (Å²) in [7, 11) is 1.97. The van der Waals surface area contributed by atoms with E-state index in [1.54, 1.807) is 0 Å². The Morgan fingerprint density at radius 2 is 2.21 bits per heavy atom. The Morgan fingerprint density at radius 3 is 3.05 bits per heavy atom. The van der Waals surface area contributed by atoms with E-state index in [4.69, 9.17) is 11.6 Å². The van der Waals surface area contributed by atoms with Crippen molar-refractivity contribution >= 4 is 17.3 Å². The van der Waals surface area contributed by atoms with Gasteiger partial charge in [0.1, 0.15) is 0 Å². The van der Waals surface area contributed by atoms with E-state index in [2.05, 4.69) is 27.2 Å². The number of benzene rings is 1. The largest absolute Gasteiger partial charge is 0.368 e. The number of hydrogen-bond donors (Lipinski definition) is 1. The van der Waals surface area contributed by atoms with Gasteiger partial charge < -0.3 is 10.2 Å². The fourth-order valence-electron chi connectivity index (χ4n) is 3.41. The second kappa shape index (κ2) is 5.70. The van der Waals surface area contributed by atoms with E-state index in [0.29, 0.717) is 0 Å². The minimum absolute atomic E-state index is 0.746. The Balaban J connectivity index is 1.83. The highest BCUT2D eigenvalue weighted by Gasteiger charge is 2.31. The molecule has 4 heteroatoms. The Kier molecular flexibility index (Phi) is 3.96. The quantitative estimate of drug-likeness (QED) is 0.916. The maximum Gasteiger partial charge on any atom is 0.0471 e. The van der Waals surface area contributed by atoms with Crippen molar-refractivity contribution in [2.45, 2.75) is 25.4 Å². The third-order valence-corrected chi connectivity index (χ3v) is 4.73. The normalized spacial score (nSPS) is 23.7. The van der Waals surface area contributed by atoms with Crippen molar-refractivity contribution in [1.29, 1.82) is 0 Å². The molecule has 2 fully saturated rings. The van der Waals surface area contributed by atoms with Crippen molar-refractivity contribution in [3.8, 4) is 0 Å². The molecule has 1 aromatic rings. The van der Waals surface area contributed by atoms with Crippen LogP contribution in [0.5, 0.6) is 0 Å². The molecule has 1 atom stereocenters. The summed E-state index contributed by atoms with van der Waals surface area (Å²) in [6, 6.07) is 7.01. The maximum absolute atomic E-state index is 6.36. The van der Waals surface area contributed by atoms with E-state index in [9.17, 15) is 0 Å². The first kappa shape index (κ1) is 13.2. The van der Waals surface area contributed by atoms with Gasteiger partial charge in [0.05, 0.1) is 0 Å². The molecule has 3 rings (SSSR count). The van der Waals surface area contributed by atoms with Crippen molar-refractivity contribution in [2.75, 3.05) is 38.1 Å². The molecule has 3 nitrogen and oxygen atoms in total. The zero-order valence-corrected chi connectivity index (χ0v) is 12.3. The van der Waals surface area contributed by atoms with E-state index in [-0.39, 0.29) is 0 Å². The van der Waals surface area contributed by atoms with E-state index in [1.807, 2.05) is 13.1 Å². The molecule has 19 heavy (non-hydrogen) atoms. The van der Waals surface area contributed by atoms with E-state index in [0.717, 1.165) is 30.7 Å². The first-order valence-electron chi connectivity index (χ1n) is 7.20. The standard InChI is InChI=1S/C15H22ClN3/c1-17-10-13-14(16)5-2-6-15(13)19-9-8-18-7-3-4-12(18)11-19/h2,5-6,12,17H,3-4,7-11H2,1H3. The highest BCUT2D eigenvalue weighted by atomic mass is 35.5. The summed E-state index contributed by atoms with van der Waals surface area (Å²) in [6.45, 7) is 5.58. The van der Waals surface area contributed by atoms with Crippen LogP contribution in [0.4, 0.5) is 5.69 Å². The molecule has 0 aromatic heterocycles. The van der Waals surface area contributed by atoms with E-state index < -0.39 is 0 Å². The molecular formula is C15H22ClN3. The molecule has 0 aliphatic carbocycles. The summed E-state index contributed by atoms with van der Waals surface area (Å²) >= 11 is 6.36. The van der Waals surface area contributed by atoms with Crippen LogP contribution in [0.1, 0.15) is 18.4 Å². The molecule has 1 unspecified atom stereocenters. The summed E-state index contributed by atoms with van der Waals surface area (Å²) in [5.41, 5.74) is 2.55. The molecule has 104 valence electrons. The summed E-state index contributed by atoms with van der Waals surface area (Å²) in [5.74, 6) is 0. The number of anilines is 1. The summed E-state index contributed by atoms with van der Waals surface area (Å²) in [5, 5.41) is 4.10. The Labute approximate surface area is 120 Å². The molecule has 1 N–H and O–H groups in total. The van der Waals surface area contributed by atoms with Gasteiger partial charge in [0, 0.05) is 48.5 Å². The Bertz CT molecular complexity index is 449. The predicted molar refractivity (Wildman–Crippen MR) is 81.0 cm³/mol. The van der Waals surface area contributed by atoms with Gasteiger partial charge in [0.2, 0.25) is 0 Å². The van der Waals surface area contributed by atoms with E-state index >= 15 is 0 Å². The lowest BCUT2D eigenvalue weighted by Gasteiger charge is -2.39. The molecule has 1 aromatic carbocycles. The van der Waals surface area contributed by atoms with Gasteiger partial charge in [-0.15, -0.1) is 0 Å². The Hall–Kier alpha value is -0.770. The molecule has 0 spiro atoms. The lowest BCUT2D eigenvalue weighted by Crippen LogP contribution is -2.50. The number of halogens is 1. The first-order valence-corrected chi connectivity index (χ1v) is 7.58. The van der Waals surface area contributed by atoms with Gasteiger partial charge in [0.25, 0.3) is 0 Å². The van der Waals surface area contributed by atoms with Crippen LogP contribution in [0.15, 0.2) is 18.2 Å². The highest BCUT2D eigenvalue weighted by molar-refractivity contribution is 6.31. The molecule has 2 heterocycles. The molecule has 2 aliphatic heterocycles. The first-order chi connectivity index (χ1) is 9.29. The third kappa shape index (κ3) is 2.60. The zero-order chi connectivity index (χ0) is 13.2. The number of piperazine rings is 1. The van der Waals surface area contributed by atoms with Crippen LogP contribution in [0, 0.1) is 0 Å². The molecule has 0 amide bonds. The van der Waals surface area contributed by atoms with Crippen molar-refractivity contribution in [2.24, 2.45) is 0 Å². The average Bonchev–Trinajstić information content (AvgIpc) is 2.88. The average molecular weight is 280 g/mol. The Morgan fingerprint density at radius 1 is 1.32 bits per heavy atom. The number of nitrogens with zero attached hydrogens (tertiary/aromatic N) is 2. The number of nitrogens with one attached hydrogen (secondary N) is 1. The van der Waals surface area contributed by atoms with Crippen molar-refractivity contribution < 1.29 is 0 Å². The van der Waals surface area contributed by atoms with E-state index in [1.165, 1.54) is 37.2 Å². The van der Waals surface area contributed by atoms with Gasteiger partial charge in [-0.05, 0) is 38.6 Å². The monoisotopic (exact) mass is 279 g/mol. The van der Waals surface area contributed by atoms with Crippen LogP contribution in [0.25, 0.3) is 0 Å². The minimum Gasteiger partial charge on any atom is -0.368 e. The van der Waals surface area contributed by atoms with Crippen LogP contribution >= 0.6 is 11.6 Å². The molecule has 0 bridgehead atoms. The predicted octanol–water partition coefficient (Wildman–Crippen LogP) is 2.34. The van der Waals surface area contributed by atoms with Gasteiger partial charge in [-0.25, -0.2) is 0 Å². The molecule has 0 saturated carbocycles. The highest BCUT2D eigenvalue weighted by Crippen LogP contribution is 2.31.